The van der Waals surface area contributed by atoms with Gasteiger partial charge in [-0.3, -0.25) is 10.1 Å². The Morgan fingerprint density at radius 3 is 2.59 bits per heavy atom. The number of hydrogen-bond donors (Lipinski definition) is 1. The maximum atomic E-state index is 11.5. The van der Waals surface area contributed by atoms with Gasteiger partial charge >= 0.3 is 5.69 Å². The lowest BCUT2D eigenvalue weighted by atomic mass is 10.3. The molecule has 0 saturated heterocycles. The predicted octanol–water partition coefficient (Wildman–Crippen LogP) is 3.27. The topological polar surface area (TPSA) is 84.2 Å². The number of nitro groups is 1. The molecule has 7 nitrogen and oxygen atoms in total. The molecule has 1 saturated carbocycles. The van der Waals surface area contributed by atoms with Crippen molar-refractivity contribution in [3.8, 4) is 0 Å². The molecule has 2 rings (SSSR count). The molecule has 0 aromatic carbocycles. The van der Waals surface area contributed by atoms with Crippen molar-refractivity contribution in [2.45, 2.75) is 32.7 Å². The van der Waals surface area contributed by atoms with Crippen LogP contribution in [0, 0.1) is 10.1 Å². The molecule has 0 amide bonds. The molecule has 0 spiro atoms. The summed E-state index contributed by atoms with van der Waals surface area (Å²) in [5.74, 6) is 1.89. The lowest BCUT2D eigenvalue weighted by Gasteiger charge is -2.20. The van der Waals surface area contributed by atoms with Crippen molar-refractivity contribution >= 4 is 52.6 Å². The predicted molar refractivity (Wildman–Crippen MR) is 95.1 cm³/mol. The van der Waals surface area contributed by atoms with Crippen molar-refractivity contribution < 1.29 is 4.92 Å². The summed E-state index contributed by atoms with van der Waals surface area (Å²) >= 11 is 8.45. The Kier molecular flexibility index (Phi) is 6.21. The van der Waals surface area contributed by atoms with E-state index in [0.717, 1.165) is 24.3 Å². The Morgan fingerprint density at radius 2 is 2.09 bits per heavy atom. The second kappa shape index (κ2) is 7.93. The van der Waals surface area contributed by atoms with Gasteiger partial charge < -0.3 is 5.32 Å². The standard InChI is InChI=1S/C12H17N5O2S3/c1-3-21-17(22-4-2)12(20)9-10(16(18)19)11(14-7-13-9)15-8-5-6-8/h7-8H,3-6H2,1-2H3,(H,13,14,15). The molecular weight excluding hydrogens is 342 g/mol. The van der Waals surface area contributed by atoms with Crippen molar-refractivity contribution in [1.29, 1.82) is 0 Å². The summed E-state index contributed by atoms with van der Waals surface area (Å²) in [6, 6.07) is 0.265. The third kappa shape index (κ3) is 4.20. The minimum atomic E-state index is -0.461. The van der Waals surface area contributed by atoms with E-state index in [-0.39, 0.29) is 23.2 Å². The quantitative estimate of drug-likeness (QED) is 0.325. The number of aromatic nitrogens is 2. The molecule has 1 aromatic heterocycles. The highest BCUT2D eigenvalue weighted by molar-refractivity contribution is 8.13. The van der Waals surface area contributed by atoms with Crippen LogP contribution in [0.1, 0.15) is 32.4 Å². The van der Waals surface area contributed by atoms with Gasteiger partial charge in [-0.1, -0.05) is 26.1 Å². The first-order chi connectivity index (χ1) is 10.6. The molecule has 1 aliphatic carbocycles. The van der Waals surface area contributed by atoms with Crippen molar-refractivity contribution in [3.05, 3.63) is 22.1 Å². The maximum Gasteiger partial charge on any atom is 0.339 e. The Hall–Kier alpha value is -1.13. The fourth-order valence-electron chi connectivity index (χ4n) is 1.71. The highest BCUT2D eigenvalue weighted by atomic mass is 32.2. The third-order valence-corrected chi connectivity index (χ3v) is 5.37. The number of nitrogens with zero attached hydrogens (tertiary/aromatic N) is 4. The highest BCUT2D eigenvalue weighted by Gasteiger charge is 2.31. The average Bonchev–Trinajstić information content (AvgIpc) is 3.29. The number of nitrogens with one attached hydrogen (secondary N) is 1. The number of hydrogen-bond acceptors (Lipinski definition) is 8. The zero-order valence-corrected chi connectivity index (χ0v) is 14.8. The Labute approximate surface area is 143 Å². The van der Waals surface area contributed by atoms with Gasteiger partial charge in [0, 0.05) is 17.5 Å². The van der Waals surface area contributed by atoms with E-state index in [4.69, 9.17) is 12.2 Å². The summed E-state index contributed by atoms with van der Waals surface area (Å²) in [4.78, 5) is 19.5. The summed E-state index contributed by atoms with van der Waals surface area (Å²) in [5.41, 5.74) is 0.0536. The van der Waals surface area contributed by atoms with Crippen LogP contribution in [0.2, 0.25) is 0 Å². The second-order valence-corrected chi connectivity index (χ2v) is 7.51. The van der Waals surface area contributed by atoms with Gasteiger partial charge in [0.2, 0.25) is 5.82 Å². The summed E-state index contributed by atoms with van der Waals surface area (Å²) in [7, 11) is 0. The molecule has 1 aromatic rings. The summed E-state index contributed by atoms with van der Waals surface area (Å²) < 4.78 is 1.81. The molecule has 0 unspecified atom stereocenters. The van der Waals surface area contributed by atoms with E-state index < -0.39 is 4.92 Å². The normalized spacial score (nSPS) is 13.7. The molecule has 1 heterocycles. The van der Waals surface area contributed by atoms with Crippen LogP contribution in [0.15, 0.2) is 6.33 Å². The van der Waals surface area contributed by atoms with Gasteiger partial charge in [-0.15, -0.1) is 0 Å². The largest absolute Gasteiger partial charge is 0.361 e. The molecule has 10 heteroatoms. The van der Waals surface area contributed by atoms with E-state index >= 15 is 0 Å². The zero-order chi connectivity index (χ0) is 16.1. The maximum absolute atomic E-state index is 11.5. The second-order valence-electron chi connectivity index (χ2n) is 4.49. The monoisotopic (exact) mass is 359 g/mol. The molecule has 1 N–H and O–H groups in total. The fraction of sp³-hybridized carbons (Fsp3) is 0.583. The van der Waals surface area contributed by atoms with Crippen LogP contribution in [0.3, 0.4) is 0 Å². The van der Waals surface area contributed by atoms with Gasteiger partial charge in [-0.05, 0) is 36.7 Å². The first-order valence-electron chi connectivity index (χ1n) is 6.94. The molecule has 0 aliphatic heterocycles. The number of rotatable bonds is 8. The Bertz CT molecular complexity index is 562. The first-order valence-corrected chi connectivity index (χ1v) is 9.24. The SMILES string of the molecule is CCSN(SCC)C(=S)c1ncnc(NC2CC2)c1[N+](=O)[O-]. The van der Waals surface area contributed by atoms with Crippen LogP contribution >= 0.6 is 36.1 Å². The van der Waals surface area contributed by atoms with Gasteiger partial charge in [-0.2, -0.15) is 0 Å². The van der Waals surface area contributed by atoms with E-state index in [9.17, 15) is 10.1 Å². The molecule has 1 aliphatic rings. The summed E-state index contributed by atoms with van der Waals surface area (Å²) in [6.45, 7) is 4.01. The van der Waals surface area contributed by atoms with Crippen LogP contribution < -0.4 is 5.32 Å². The van der Waals surface area contributed by atoms with E-state index in [0.29, 0.717) is 4.99 Å². The molecule has 22 heavy (non-hydrogen) atoms. The number of thiocarbonyl (C=S) groups is 1. The molecular formula is C12H17N5O2S3. The van der Waals surface area contributed by atoms with Crippen LogP contribution in [-0.2, 0) is 0 Å². The Morgan fingerprint density at radius 1 is 1.45 bits per heavy atom. The lowest BCUT2D eigenvalue weighted by Crippen LogP contribution is -2.21. The molecule has 0 bridgehead atoms. The zero-order valence-electron chi connectivity index (χ0n) is 12.3. The first kappa shape index (κ1) is 17.2. The average molecular weight is 360 g/mol. The minimum absolute atomic E-state index is 0.141. The van der Waals surface area contributed by atoms with Gasteiger partial charge in [-0.25, -0.2) is 13.7 Å². The third-order valence-electron chi connectivity index (χ3n) is 2.78. The van der Waals surface area contributed by atoms with Gasteiger partial charge in [0.05, 0.1) is 4.92 Å². The Balaban J connectivity index is 2.35. The van der Waals surface area contributed by atoms with Crippen molar-refractivity contribution in [1.82, 2.24) is 13.7 Å². The van der Waals surface area contributed by atoms with E-state index in [1.54, 1.807) is 0 Å². The van der Waals surface area contributed by atoms with E-state index in [1.807, 2.05) is 17.6 Å². The molecule has 120 valence electrons. The number of anilines is 1. The van der Waals surface area contributed by atoms with Crippen LogP contribution in [0.25, 0.3) is 0 Å². The van der Waals surface area contributed by atoms with Gasteiger partial charge in [0.15, 0.2) is 10.7 Å². The highest BCUT2D eigenvalue weighted by Crippen LogP contribution is 2.33. The molecule has 1 fully saturated rings. The minimum Gasteiger partial charge on any atom is -0.361 e. The van der Waals surface area contributed by atoms with Crippen molar-refractivity contribution in [2.24, 2.45) is 0 Å². The van der Waals surface area contributed by atoms with Crippen LogP contribution in [0.5, 0.6) is 0 Å². The van der Waals surface area contributed by atoms with E-state index in [1.165, 1.54) is 30.2 Å². The van der Waals surface area contributed by atoms with Crippen molar-refractivity contribution in [2.75, 3.05) is 16.8 Å². The van der Waals surface area contributed by atoms with Gasteiger partial charge in [0.1, 0.15) is 6.33 Å². The molecule has 0 atom stereocenters. The summed E-state index contributed by atoms with van der Waals surface area (Å²) in [5, 5.41) is 14.6. The van der Waals surface area contributed by atoms with Crippen molar-refractivity contribution in [3.63, 3.8) is 0 Å². The van der Waals surface area contributed by atoms with Crippen LogP contribution in [-0.4, -0.2) is 41.1 Å². The van der Waals surface area contributed by atoms with Gasteiger partial charge in [0.25, 0.3) is 0 Å². The lowest BCUT2D eigenvalue weighted by molar-refractivity contribution is -0.384. The summed E-state index contributed by atoms with van der Waals surface area (Å²) in [6.07, 6.45) is 3.33. The molecule has 0 radical (unpaired) electrons. The van der Waals surface area contributed by atoms with Crippen LogP contribution in [0.4, 0.5) is 11.5 Å². The van der Waals surface area contributed by atoms with E-state index in [2.05, 4.69) is 15.3 Å². The smallest absolute Gasteiger partial charge is 0.339 e. The fourth-order valence-corrected chi connectivity index (χ4v) is 3.98.